The van der Waals surface area contributed by atoms with E-state index in [1.807, 2.05) is 49.2 Å². The zero-order valence-electron chi connectivity index (χ0n) is 13.4. The topological polar surface area (TPSA) is 66.5 Å². The first-order valence-electron chi connectivity index (χ1n) is 7.47. The summed E-state index contributed by atoms with van der Waals surface area (Å²) in [5.41, 5.74) is 0.514. The molecule has 0 aromatic heterocycles. The van der Waals surface area contributed by atoms with Gasteiger partial charge >= 0.3 is 0 Å². The maximum Gasteiger partial charge on any atom is 0.234 e. The van der Waals surface area contributed by atoms with Crippen molar-refractivity contribution in [3.8, 4) is 0 Å². The Morgan fingerprint density at radius 3 is 2.55 bits per heavy atom. The van der Waals surface area contributed by atoms with Gasteiger partial charge in [-0.25, -0.2) is 8.42 Å². The van der Waals surface area contributed by atoms with Crippen molar-refractivity contribution in [3.05, 3.63) is 35.9 Å². The van der Waals surface area contributed by atoms with Crippen molar-refractivity contribution >= 4 is 15.7 Å². The Hall–Kier alpha value is -1.40. The third kappa shape index (κ3) is 4.30. The van der Waals surface area contributed by atoms with Crippen LogP contribution in [-0.2, 0) is 14.6 Å². The summed E-state index contributed by atoms with van der Waals surface area (Å²) in [6.07, 6.45) is 0.485. The van der Waals surface area contributed by atoms with Crippen LogP contribution in [0.2, 0.25) is 0 Å². The van der Waals surface area contributed by atoms with Crippen molar-refractivity contribution in [2.45, 2.75) is 31.8 Å². The minimum absolute atomic E-state index is 0.0314. The second-order valence-electron chi connectivity index (χ2n) is 6.45. The molecule has 1 aliphatic heterocycles. The van der Waals surface area contributed by atoms with Crippen LogP contribution in [0.25, 0.3) is 0 Å². The Morgan fingerprint density at radius 2 is 2.00 bits per heavy atom. The molecule has 1 N–H and O–H groups in total. The average molecular weight is 324 g/mol. The first-order chi connectivity index (χ1) is 10.2. The predicted octanol–water partition coefficient (Wildman–Crippen LogP) is 1.37. The lowest BCUT2D eigenvalue weighted by Gasteiger charge is -2.28. The van der Waals surface area contributed by atoms with Crippen LogP contribution in [0.5, 0.6) is 0 Å². The molecule has 0 spiro atoms. The number of likely N-dealkylation sites (N-methyl/N-ethyl adjacent to an activating group) is 1. The molecule has 0 aliphatic carbocycles. The fraction of sp³-hybridized carbons (Fsp3) is 0.562. The SMILES string of the molecule is C[C@H](c1ccccc1)N(C)CC(=O)N[C@]1(C)CCS(=O)(=O)C1. The summed E-state index contributed by atoms with van der Waals surface area (Å²) in [5.74, 6) is 0.0499. The largest absolute Gasteiger partial charge is 0.349 e. The van der Waals surface area contributed by atoms with Gasteiger partial charge in [0.1, 0.15) is 0 Å². The third-order valence-corrected chi connectivity index (χ3v) is 6.18. The molecule has 6 heteroatoms. The van der Waals surface area contributed by atoms with E-state index in [0.717, 1.165) is 5.56 Å². The van der Waals surface area contributed by atoms with Crippen molar-refractivity contribution < 1.29 is 13.2 Å². The summed E-state index contributed by atoms with van der Waals surface area (Å²) in [6.45, 7) is 4.09. The summed E-state index contributed by atoms with van der Waals surface area (Å²) in [6, 6.07) is 10.1. The summed E-state index contributed by atoms with van der Waals surface area (Å²) >= 11 is 0. The standard InChI is InChI=1S/C16H24N2O3S/c1-13(14-7-5-4-6-8-14)18(3)11-15(19)17-16(2)9-10-22(20,21)12-16/h4-8,13H,9-12H2,1-3H3,(H,17,19)/t13-,16-/m1/s1. The van der Waals surface area contributed by atoms with E-state index in [-0.39, 0.29) is 30.0 Å². The molecule has 5 nitrogen and oxygen atoms in total. The molecule has 1 heterocycles. The summed E-state index contributed by atoms with van der Waals surface area (Å²) in [4.78, 5) is 14.2. The van der Waals surface area contributed by atoms with Crippen LogP contribution >= 0.6 is 0 Å². The fourth-order valence-corrected chi connectivity index (χ4v) is 4.93. The van der Waals surface area contributed by atoms with Crippen molar-refractivity contribution in [1.82, 2.24) is 10.2 Å². The van der Waals surface area contributed by atoms with Crippen LogP contribution in [0.1, 0.15) is 31.9 Å². The normalized spacial score (nSPS) is 25.1. The van der Waals surface area contributed by atoms with Crippen molar-refractivity contribution in [2.75, 3.05) is 25.1 Å². The number of benzene rings is 1. The molecule has 0 radical (unpaired) electrons. The monoisotopic (exact) mass is 324 g/mol. The minimum atomic E-state index is -3.02. The van der Waals surface area contributed by atoms with Gasteiger partial charge in [-0.1, -0.05) is 30.3 Å². The zero-order chi connectivity index (χ0) is 16.4. The molecule has 122 valence electrons. The number of carbonyl (C=O) groups excluding carboxylic acids is 1. The van der Waals surface area contributed by atoms with E-state index in [4.69, 9.17) is 0 Å². The lowest BCUT2D eigenvalue weighted by atomic mass is 10.0. The minimum Gasteiger partial charge on any atom is -0.349 e. The highest BCUT2D eigenvalue weighted by molar-refractivity contribution is 7.91. The quantitative estimate of drug-likeness (QED) is 0.888. The van der Waals surface area contributed by atoms with Crippen LogP contribution < -0.4 is 5.32 Å². The Labute approximate surface area is 132 Å². The van der Waals surface area contributed by atoms with Gasteiger partial charge in [0.05, 0.1) is 23.6 Å². The summed E-state index contributed by atoms with van der Waals surface area (Å²) in [5, 5.41) is 2.89. The maximum atomic E-state index is 12.2. The molecule has 0 bridgehead atoms. The molecule has 1 aromatic rings. The molecule has 0 unspecified atom stereocenters. The zero-order valence-corrected chi connectivity index (χ0v) is 14.2. The molecule has 2 atom stereocenters. The van der Waals surface area contributed by atoms with Crippen molar-refractivity contribution in [2.24, 2.45) is 0 Å². The number of sulfone groups is 1. The van der Waals surface area contributed by atoms with E-state index in [1.165, 1.54) is 0 Å². The van der Waals surface area contributed by atoms with Gasteiger partial charge in [-0.2, -0.15) is 0 Å². The summed E-state index contributed by atoms with van der Waals surface area (Å²) in [7, 11) is -1.12. The molecule has 22 heavy (non-hydrogen) atoms. The van der Waals surface area contributed by atoms with E-state index >= 15 is 0 Å². The highest BCUT2D eigenvalue weighted by atomic mass is 32.2. The average Bonchev–Trinajstić information content (AvgIpc) is 2.72. The number of amides is 1. The molecular formula is C16H24N2O3S. The number of nitrogens with zero attached hydrogens (tertiary/aromatic N) is 1. The Bertz CT molecular complexity index is 630. The first-order valence-corrected chi connectivity index (χ1v) is 9.30. The van der Waals surface area contributed by atoms with Gasteiger partial charge in [-0.15, -0.1) is 0 Å². The van der Waals surface area contributed by atoms with Gasteiger partial charge in [0, 0.05) is 6.04 Å². The first kappa shape index (κ1) is 17.0. The maximum absolute atomic E-state index is 12.2. The van der Waals surface area contributed by atoms with E-state index in [0.29, 0.717) is 6.42 Å². The van der Waals surface area contributed by atoms with Crippen LogP contribution in [0.3, 0.4) is 0 Å². The lowest BCUT2D eigenvalue weighted by Crippen LogP contribution is -2.50. The van der Waals surface area contributed by atoms with Gasteiger partial charge in [0.2, 0.25) is 5.91 Å². The molecule has 2 rings (SSSR count). The third-order valence-electron chi connectivity index (χ3n) is 4.28. The van der Waals surface area contributed by atoms with Crippen molar-refractivity contribution in [3.63, 3.8) is 0 Å². The van der Waals surface area contributed by atoms with Crippen molar-refractivity contribution in [1.29, 1.82) is 0 Å². The van der Waals surface area contributed by atoms with E-state index in [2.05, 4.69) is 5.32 Å². The highest BCUT2D eigenvalue weighted by Gasteiger charge is 2.39. The van der Waals surface area contributed by atoms with Gasteiger partial charge in [0.15, 0.2) is 9.84 Å². The Balaban J connectivity index is 1.92. The molecule has 1 aliphatic rings. The molecule has 1 fully saturated rings. The smallest absolute Gasteiger partial charge is 0.234 e. The van der Waals surface area contributed by atoms with Crippen LogP contribution in [0, 0.1) is 0 Å². The Morgan fingerprint density at radius 1 is 1.36 bits per heavy atom. The molecule has 0 saturated carbocycles. The van der Waals surface area contributed by atoms with Crippen LogP contribution in [-0.4, -0.2) is 49.9 Å². The van der Waals surface area contributed by atoms with E-state index in [9.17, 15) is 13.2 Å². The Kier molecular flexibility index (Phi) is 4.92. The van der Waals surface area contributed by atoms with Gasteiger partial charge in [0.25, 0.3) is 0 Å². The molecular weight excluding hydrogens is 300 g/mol. The number of carbonyl (C=O) groups is 1. The van der Waals surface area contributed by atoms with E-state index < -0.39 is 15.4 Å². The van der Waals surface area contributed by atoms with Gasteiger partial charge in [-0.05, 0) is 32.9 Å². The van der Waals surface area contributed by atoms with Gasteiger partial charge < -0.3 is 5.32 Å². The summed E-state index contributed by atoms with van der Waals surface area (Å²) < 4.78 is 23.2. The van der Waals surface area contributed by atoms with Gasteiger partial charge in [-0.3, -0.25) is 9.69 Å². The second kappa shape index (κ2) is 6.38. The number of nitrogens with one attached hydrogen (secondary N) is 1. The number of rotatable bonds is 5. The molecule has 1 amide bonds. The molecule has 1 aromatic carbocycles. The second-order valence-corrected chi connectivity index (χ2v) is 8.64. The predicted molar refractivity (Wildman–Crippen MR) is 87.3 cm³/mol. The molecule has 1 saturated heterocycles. The van der Waals surface area contributed by atoms with Crippen LogP contribution in [0.15, 0.2) is 30.3 Å². The highest BCUT2D eigenvalue weighted by Crippen LogP contribution is 2.23. The lowest BCUT2D eigenvalue weighted by molar-refractivity contribution is -0.123. The fourth-order valence-electron chi connectivity index (χ4n) is 2.83. The van der Waals surface area contributed by atoms with E-state index in [1.54, 1.807) is 6.92 Å². The number of hydrogen-bond acceptors (Lipinski definition) is 4. The van der Waals surface area contributed by atoms with Crippen LogP contribution in [0.4, 0.5) is 0 Å². The number of hydrogen-bond donors (Lipinski definition) is 1.